The summed E-state index contributed by atoms with van der Waals surface area (Å²) in [6.07, 6.45) is 3.39. The zero-order chi connectivity index (χ0) is 10.1. The Hall–Kier alpha value is -0.680. The van der Waals surface area contributed by atoms with Gasteiger partial charge in [-0.15, -0.1) is 0 Å². The SMILES string of the molecule is O=C(c1cnc2ccccn12)C(Br)Br. The molecule has 0 fully saturated rings. The number of imidazole rings is 1. The number of Topliss-reactive ketones (excluding diaryl/α,β-unsaturated/α-hetero) is 1. The molecule has 5 heteroatoms. The number of hydrogen-bond acceptors (Lipinski definition) is 2. The molecule has 2 heterocycles. The molecule has 0 spiro atoms. The highest BCUT2D eigenvalue weighted by molar-refractivity contribution is 9.25. The van der Waals surface area contributed by atoms with Crippen molar-refractivity contribution in [1.29, 1.82) is 0 Å². The van der Waals surface area contributed by atoms with Crippen molar-refractivity contribution in [2.24, 2.45) is 0 Å². The lowest BCUT2D eigenvalue weighted by atomic mass is 10.3. The van der Waals surface area contributed by atoms with E-state index in [0.717, 1.165) is 5.65 Å². The summed E-state index contributed by atoms with van der Waals surface area (Å²) < 4.78 is 1.40. The number of nitrogens with zero attached hydrogens (tertiary/aromatic N) is 2. The first-order valence-electron chi connectivity index (χ1n) is 3.94. The maximum Gasteiger partial charge on any atom is 0.205 e. The van der Waals surface area contributed by atoms with E-state index in [1.165, 1.54) is 0 Å². The number of aromatic nitrogens is 2. The van der Waals surface area contributed by atoms with Crippen molar-refractivity contribution in [3.8, 4) is 0 Å². The molecule has 3 nitrogen and oxygen atoms in total. The van der Waals surface area contributed by atoms with Gasteiger partial charge in [0.1, 0.15) is 15.1 Å². The molecule has 2 aromatic rings. The molecule has 0 unspecified atom stereocenters. The molecule has 0 saturated carbocycles. The van der Waals surface area contributed by atoms with Crippen LogP contribution in [0.3, 0.4) is 0 Å². The van der Waals surface area contributed by atoms with Crippen LogP contribution in [0.1, 0.15) is 10.5 Å². The largest absolute Gasteiger partial charge is 0.297 e. The molecule has 0 aliphatic carbocycles. The van der Waals surface area contributed by atoms with Gasteiger partial charge in [0.15, 0.2) is 0 Å². The number of carbonyl (C=O) groups is 1. The predicted molar refractivity (Wildman–Crippen MR) is 61.2 cm³/mol. The first-order chi connectivity index (χ1) is 6.70. The Morgan fingerprint density at radius 3 is 2.93 bits per heavy atom. The van der Waals surface area contributed by atoms with Gasteiger partial charge in [-0.05, 0) is 12.1 Å². The van der Waals surface area contributed by atoms with Crippen molar-refractivity contribution in [3.63, 3.8) is 0 Å². The summed E-state index contributed by atoms with van der Waals surface area (Å²) >= 11 is 6.35. The van der Waals surface area contributed by atoms with Crippen molar-refractivity contribution >= 4 is 43.3 Å². The zero-order valence-electron chi connectivity index (χ0n) is 7.02. The number of pyridine rings is 1. The van der Waals surface area contributed by atoms with E-state index in [1.807, 2.05) is 24.4 Å². The highest BCUT2D eigenvalue weighted by Crippen LogP contribution is 2.16. The molecule has 0 aliphatic heterocycles. The van der Waals surface area contributed by atoms with Crippen molar-refractivity contribution in [1.82, 2.24) is 9.38 Å². The molecular formula is C9H6Br2N2O. The lowest BCUT2D eigenvalue weighted by molar-refractivity contribution is 0.101. The van der Waals surface area contributed by atoms with Gasteiger partial charge in [0, 0.05) is 6.20 Å². The molecule has 0 bridgehead atoms. The molecule has 0 atom stereocenters. The first-order valence-corrected chi connectivity index (χ1v) is 5.78. The number of alkyl halides is 2. The Kier molecular flexibility index (Phi) is 2.69. The Morgan fingerprint density at radius 2 is 2.21 bits per heavy atom. The van der Waals surface area contributed by atoms with Gasteiger partial charge >= 0.3 is 0 Å². The van der Waals surface area contributed by atoms with Gasteiger partial charge in [-0.3, -0.25) is 9.20 Å². The zero-order valence-corrected chi connectivity index (χ0v) is 10.2. The van der Waals surface area contributed by atoms with E-state index in [1.54, 1.807) is 10.6 Å². The number of ketones is 1. The standard InChI is InChI=1S/C9H6Br2N2O/c10-9(11)8(14)6-5-12-7-3-1-2-4-13(6)7/h1-5,9H. The lowest BCUT2D eigenvalue weighted by Gasteiger charge is -2.00. The number of hydrogen-bond donors (Lipinski definition) is 0. The molecule has 0 aliphatic rings. The van der Waals surface area contributed by atoms with E-state index >= 15 is 0 Å². The van der Waals surface area contributed by atoms with Crippen LogP contribution in [0.15, 0.2) is 30.6 Å². The molecule has 0 radical (unpaired) electrons. The maximum absolute atomic E-state index is 11.7. The van der Waals surface area contributed by atoms with Crippen molar-refractivity contribution in [2.75, 3.05) is 0 Å². The fourth-order valence-electron chi connectivity index (χ4n) is 1.23. The van der Waals surface area contributed by atoms with E-state index in [4.69, 9.17) is 0 Å². The molecule has 0 amide bonds. The summed E-state index contributed by atoms with van der Waals surface area (Å²) in [6, 6.07) is 5.60. The third-order valence-electron chi connectivity index (χ3n) is 1.87. The summed E-state index contributed by atoms with van der Waals surface area (Å²) in [5.41, 5.74) is 1.34. The van der Waals surface area contributed by atoms with Crippen molar-refractivity contribution in [2.45, 2.75) is 3.74 Å². The topological polar surface area (TPSA) is 34.4 Å². The quantitative estimate of drug-likeness (QED) is 0.630. The minimum absolute atomic E-state index is 0.0382. The van der Waals surface area contributed by atoms with Crippen LogP contribution in [0.4, 0.5) is 0 Å². The summed E-state index contributed by atoms with van der Waals surface area (Å²) in [4.78, 5) is 15.8. The molecule has 2 rings (SSSR count). The van der Waals surface area contributed by atoms with E-state index < -0.39 is 0 Å². The molecule has 0 N–H and O–H groups in total. The third-order valence-corrected chi connectivity index (χ3v) is 2.70. The number of rotatable bonds is 2. The molecule has 0 aromatic carbocycles. The summed E-state index contributed by atoms with van der Waals surface area (Å²) in [6.45, 7) is 0. The van der Waals surface area contributed by atoms with Crippen LogP contribution in [-0.2, 0) is 0 Å². The fourth-order valence-corrected chi connectivity index (χ4v) is 1.70. The van der Waals surface area contributed by atoms with E-state index in [9.17, 15) is 4.79 Å². The van der Waals surface area contributed by atoms with Gasteiger partial charge in [-0.25, -0.2) is 4.98 Å². The summed E-state index contributed by atoms with van der Waals surface area (Å²) in [5, 5.41) is 0. The summed E-state index contributed by atoms with van der Waals surface area (Å²) in [7, 11) is 0. The number of halogens is 2. The van der Waals surface area contributed by atoms with Crippen LogP contribution in [0.25, 0.3) is 5.65 Å². The van der Waals surface area contributed by atoms with Gasteiger partial charge in [0.25, 0.3) is 0 Å². The Balaban J connectivity index is 2.58. The normalized spacial score (nSPS) is 11.1. The lowest BCUT2D eigenvalue weighted by Crippen LogP contribution is -2.09. The van der Waals surface area contributed by atoms with Crippen LogP contribution in [0, 0.1) is 0 Å². The molecule has 14 heavy (non-hydrogen) atoms. The van der Waals surface area contributed by atoms with Gasteiger partial charge in [-0.1, -0.05) is 37.9 Å². The highest BCUT2D eigenvalue weighted by Gasteiger charge is 2.17. The van der Waals surface area contributed by atoms with Crippen LogP contribution < -0.4 is 0 Å². The van der Waals surface area contributed by atoms with Crippen LogP contribution >= 0.6 is 31.9 Å². The van der Waals surface area contributed by atoms with Gasteiger partial charge in [0.2, 0.25) is 5.78 Å². The van der Waals surface area contributed by atoms with Gasteiger partial charge in [0.05, 0.1) is 6.20 Å². The average Bonchev–Trinajstić information content (AvgIpc) is 2.60. The fraction of sp³-hybridized carbons (Fsp3) is 0.111. The van der Waals surface area contributed by atoms with Crippen molar-refractivity contribution in [3.05, 3.63) is 36.3 Å². The smallest absolute Gasteiger partial charge is 0.205 e. The molecule has 72 valence electrons. The molecular weight excluding hydrogens is 312 g/mol. The number of fused-ring (bicyclic) bond motifs is 1. The van der Waals surface area contributed by atoms with Gasteiger partial charge < -0.3 is 0 Å². The van der Waals surface area contributed by atoms with Crippen LogP contribution in [-0.4, -0.2) is 18.9 Å². The third kappa shape index (κ3) is 1.62. The second-order valence-electron chi connectivity index (χ2n) is 2.74. The second-order valence-corrected chi connectivity index (χ2v) is 5.80. The monoisotopic (exact) mass is 316 g/mol. The Bertz CT molecular complexity index is 478. The van der Waals surface area contributed by atoms with Crippen LogP contribution in [0.5, 0.6) is 0 Å². The van der Waals surface area contributed by atoms with Crippen molar-refractivity contribution < 1.29 is 4.79 Å². The molecule has 0 saturated heterocycles. The highest BCUT2D eigenvalue weighted by atomic mass is 79.9. The number of carbonyl (C=O) groups excluding carboxylic acids is 1. The summed E-state index contributed by atoms with van der Waals surface area (Å²) in [5.74, 6) is -0.0382. The van der Waals surface area contributed by atoms with Crippen LogP contribution in [0.2, 0.25) is 0 Å². The minimum Gasteiger partial charge on any atom is -0.297 e. The van der Waals surface area contributed by atoms with Gasteiger partial charge in [-0.2, -0.15) is 0 Å². The predicted octanol–water partition coefficient (Wildman–Crippen LogP) is 2.63. The second kappa shape index (κ2) is 3.82. The maximum atomic E-state index is 11.7. The van der Waals surface area contributed by atoms with E-state index in [2.05, 4.69) is 36.8 Å². The Labute approximate surface area is 97.4 Å². The average molecular weight is 318 g/mol. The molecule has 2 aromatic heterocycles. The minimum atomic E-state index is -0.366. The first kappa shape index (κ1) is 9.86. The van der Waals surface area contributed by atoms with E-state index in [-0.39, 0.29) is 9.52 Å². The Morgan fingerprint density at radius 1 is 1.43 bits per heavy atom. The van der Waals surface area contributed by atoms with E-state index in [0.29, 0.717) is 5.69 Å².